The minimum absolute atomic E-state index is 0.0115. The van der Waals surface area contributed by atoms with Gasteiger partial charge in [0.05, 0.1) is 6.10 Å². The van der Waals surface area contributed by atoms with E-state index in [-0.39, 0.29) is 6.10 Å². The molecule has 1 heteroatoms. The molecule has 0 aromatic rings. The van der Waals surface area contributed by atoms with Crippen molar-refractivity contribution in [3.8, 4) is 0 Å². The van der Waals surface area contributed by atoms with Crippen LogP contribution in [0.2, 0.25) is 0 Å². The SMILES string of the molecule is OC1CCCC12CC1C=CC2C1. The summed E-state index contributed by atoms with van der Waals surface area (Å²) in [4.78, 5) is 0. The van der Waals surface area contributed by atoms with Gasteiger partial charge >= 0.3 is 0 Å². The van der Waals surface area contributed by atoms with Crippen LogP contribution in [-0.2, 0) is 0 Å². The smallest absolute Gasteiger partial charge is 0.0602 e. The summed E-state index contributed by atoms with van der Waals surface area (Å²) in [6, 6.07) is 0. The maximum Gasteiger partial charge on any atom is 0.0602 e. The number of fused-ring (bicyclic) bond motifs is 3. The lowest BCUT2D eigenvalue weighted by Gasteiger charge is -2.34. The fraction of sp³-hybridized carbons (Fsp3) is 0.818. The topological polar surface area (TPSA) is 20.2 Å². The Balaban J connectivity index is 1.97. The lowest BCUT2D eigenvalue weighted by atomic mass is 9.73. The van der Waals surface area contributed by atoms with Crippen molar-refractivity contribution in [2.45, 2.75) is 38.2 Å². The summed E-state index contributed by atoms with van der Waals surface area (Å²) in [5.74, 6) is 1.53. The Morgan fingerprint density at radius 3 is 2.75 bits per heavy atom. The summed E-state index contributed by atoms with van der Waals surface area (Å²) in [6.07, 6.45) is 10.9. The van der Waals surface area contributed by atoms with Gasteiger partial charge in [-0.25, -0.2) is 0 Å². The maximum absolute atomic E-state index is 9.97. The standard InChI is InChI=1S/C11H16O/c12-10-2-1-5-11(10)7-8-3-4-9(11)6-8/h3-4,8-10,12H,1-2,5-7H2. The van der Waals surface area contributed by atoms with E-state index in [1.54, 1.807) is 0 Å². The van der Waals surface area contributed by atoms with Gasteiger partial charge in [0.15, 0.2) is 0 Å². The van der Waals surface area contributed by atoms with Crippen LogP contribution in [0.4, 0.5) is 0 Å². The van der Waals surface area contributed by atoms with Crippen molar-refractivity contribution in [2.75, 3.05) is 0 Å². The molecule has 1 spiro atoms. The van der Waals surface area contributed by atoms with Crippen LogP contribution in [0.15, 0.2) is 12.2 Å². The quantitative estimate of drug-likeness (QED) is 0.544. The van der Waals surface area contributed by atoms with Crippen LogP contribution in [0.5, 0.6) is 0 Å². The molecule has 3 aliphatic rings. The highest BCUT2D eigenvalue weighted by atomic mass is 16.3. The van der Waals surface area contributed by atoms with Crippen molar-refractivity contribution in [1.82, 2.24) is 0 Å². The third-order valence-corrected chi connectivity index (χ3v) is 4.34. The zero-order valence-corrected chi connectivity index (χ0v) is 7.37. The number of aliphatic hydroxyl groups is 1. The molecule has 12 heavy (non-hydrogen) atoms. The van der Waals surface area contributed by atoms with Crippen molar-refractivity contribution in [3.63, 3.8) is 0 Å². The van der Waals surface area contributed by atoms with Gasteiger partial charge in [-0.15, -0.1) is 0 Å². The number of allylic oxidation sites excluding steroid dienone is 2. The Morgan fingerprint density at radius 1 is 1.33 bits per heavy atom. The molecule has 3 aliphatic carbocycles. The minimum Gasteiger partial charge on any atom is -0.393 e. The summed E-state index contributed by atoms with van der Waals surface area (Å²) in [5.41, 5.74) is 0.333. The molecule has 4 atom stereocenters. The maximum atomic E-state index is 9.97. The van der Waals surface area contributed by atoms with E-state index < -0.39 is 0 Å². The van der Waals surface area contributed by atoms with E-state index in [2.05, 4.69) is 12.2 Å². The van der Waals surface area contributed by atoms with E-state index in [9.17, 15) is 5.11 Å². The van der Waals surface area contributed by atoms with E-state index in [0.29, 0.717) is 5.41 Å². The fourth-order valence-electron chi connectivity index (χ4n) is 3.74. The first-order valence-corrected chi connectivity index (χ1v) is 5.18. The van der Waals surface area contributed by atoms with Crippen molar-refractivity contribution >= 4 is 0 Å². The first kappa shape index (κ1) is 7.14. The second-order valence-corrected chi connectivity index (χ2v) is 4.83. The van der Waals surface area contributed by atoms with Gasteiger partial charge < -0.3 is 5.11 Å². The molecule has 66 valence electrons. The molecular weight excluding hydrogens is 148 g/mol. The average molecular weight is 164 g/mol. The highest BCUT2D eigenvalue weighted by Crippen LogP contribution is 2.59. The fourth-order valence-corrected chi connectivity index (χ4v) is 3.74. The molecule has 0 aliphatic heterocycles. The first-order valence-electron chi connectivity index (χ1n) is 5.18. The van der Waals surface area contributed by atoms with E-state index in [1.165, 1.54) is 25.7 Å². The summed E-state index contributed by atoms with van der Waals surface area (Å²) in [5, 5.41) is 9.97. The monoisotopic (exact) mass is 164 g/mol. The molecule has 2 fully saturated rings. The third-order valence-electron chi connectivity index (χ3n) is 4.34. The van der Waals surface area contributed by atoms with Gasteiger partial charge in [-0.2, -0.15) is 0 Å². The molecule has 2 saturated carbocycles. The van der Waals surface area contributed by atoms with Crippen LogP contribution >= 0.6 is 0 Å². The van der Waals surface area contributed by atoms with Crippen LogP contribution < -0.4 is 0 Å². The predicted octanol–water partition coefficient (Wildman–Crippen LogP) is 2.11. The lowest BCUT2D eigenvalue weighted by Crippen LogP contribution is -2.33. The average Bonchev–Trinajstić information content (AvgIpc) is 2.69. The van der Waals surface area contributed by atoms with Gasteiger partial charge in [0.2, 0.25) is 0 Å². The summed E-state index contributed by atoms with van der Waals surface area (Å²) < 4.78 is 0. The van der Waals surface area contributed by atoms with Gasteiger partial charge in [0.25, 0.3) is 0 Å². The van der Waals surface area contributed by atoms with Crippen molar-refractivity contribution in [1.29, 1.82) is 0 Å². The Hall–Kier alpha value is -0.300. The van der Waals surface area contributed by atoms with Crippen LogP contribution in [0.3, 0.4) is 0 Å². The molecule has 0 radical (unpaired) electrons. The van der Waals surface area contributed by atoms with Crippen molar-refractivity contribution in [2.24, 2.45) is 17.3 Å². The predicted molar refractivity (Wildman–Crippen MR) is 47.6 cm³/mol. The number of hydrogen-bond acceptors (Lipinski definition) is 1. The highest BCUT2D eigenvalue weighted by Gasteiger charge is 2.54. The second kappa shape index (κ2) is 2.14. The number of hydrogen-bond donors (Lipinski definition) is 1. The van der Waals surface area contributed by atoms with Gasteiger partial charge in [-0.1, -0.05) is 18.6 Å². The molecule has 0 heterocycles. The Labute approximate surface area is 73.5 Å². The Kier molecular flexibility index (Phi) is 1.27. The molecule has 3 rings (SSSR count). The third kappa shape index (κ3) is 0.687. The molecular formula is C11H16O. The van der Waals surface area contributed by atoms with Crippen LogP contribution in [0, 0.1) is 17.3 Å². The number of rotatable bonds is 0. The molecule has 2 bridgehead atoms. The molecule has 0 saturated heterocycles. The first-order chi connectivity index (χ1) is 5.81. The van der Waals surface area contributed by atoms with E-state index in [4.69, 9.17) is 0 Å². The summed E-state index contributed by atoms with van der Waals surface area (Å²) in [6.45, 7) is 0. The van der Waals surface area contributed by atoms with Crippen molar-refractivity contribution < 1.29 is 5.11 Å². The zero-order valence-electron chi connectivity index (χ0n) is 7.37. The Bertz CT molecular complexity index is 233. The van der Waals surface area contributed by atoms with Gasteiger partial charge in [-0.05, 0) is 37.5 Å². The molecule has 0 amide bonds. The molecule has 1 N–H and O–H groups in total. The molecule has 1 nitrogen and oxygen atoms in total. The van der Waals surface area contributed by atoms with Gasteiger partial charge in [0, 0.05) is 5.41 Å². The lowest BCUT2D eigenvalue weighted by molar-refractivity contribution is 0.0328. The van der Waals surface area contributed by atoms with Gasteiger partial charge in [-0.3, -0.25) is 0 Å². The zero-order chi connectivity index (χ0) is 8.18. The highest BCUT2D eigenvalue weighted by molar-refractivity contribution is 5.18. The van der Waals surface area contributed by atoms with Crippen LogP contribution in [0.25, 0.3) is 0 Å². The molecule has 0 aromatic heterocycles. The normalized spacial score (nSPS) is 55.9. The second-order valence-electron chi connectivity index (χ2n) is 4.83. The van der Waals surface area contributed by atoms with E-state index >= 15 is 0 Å². The minimum atomic E-state index is 0.0115. The van der Waals surface area contributed by atoms with Crippen molar-refractivity contribution in [3.05, 3.63) is 12.2 Å². The van der Waals surface area contributed by atoms with Crippen LogP contribution in [-0.4, -0.2) is 11.2 Å². The summed E-state index contributed by atoms with van der Waals surface area (Å²) >= 11 is 0. The van der Waals surface area contributed by atoms with Crippen LogP contribution in [0.1, 0.15) is 32.1 Å². The number of aliphatic hydroxyl groups excluding tert-OH is 1. The molecule has 0 aromatic carbocycles. The van der Waals surface area contributed by atoms with E-state index in [1.807, 2.05) is 0 Å². The largest absolute Gasteiger partial charge is 0.393 e. The Morgan fingerprint density at radius 2 is 2.25 bits per heavy atom. The van der Waals surface area contributed by atoms with E-state index in [0.717, 1.165) is 18.3 Å². The molecule has 4 unspecified atom stereocenters. The summed E-state index contributed by atoms with van der Waals surface area (Å²) in [7, 11) is 0. The van der Waals surface area contributed by atoms with Gasteiger partial charge in [0.1, 0.15) is 0 Å².